The molecular weight excluding hydrogens is 634 g/mol. The molecule has 6 N–H and O–H groups in total. The van der Waals surface area contributed by atoms with E-state index in [1.165, 1.54) is 11.0 Å². The van der Waals surface area contributed by atoms with Crippen LogP contribution in [0, 0.1) is 0 Å². The maximum atomic E-state index is 13.4. The van der Waals surface area contributed by atoms with E-state index in [-0.39, 0.29) is 76.5 Å². The summed E-state index contributed by atoms with van der Waals surface area (Å²) in [5.41, 5.74) is 0.341. The van der Waals surface area contributed by atoms with Crippen molar-refractivity contribution in [2.45, 2.75) is 69.2 Å². The molecule has 0 unspecified atom stereocenters. The summed E-state index contributed by atoms with van der Waals surface area (Å²) in [6.07, 6.45) is 0.125. The minimum atomic E-state index is -1.05. The molecule has 5 amide bonds. The summed E-state index contributed by atoms with van der Waals surface area (Å²) in [4.78, 5) is 81.6. The van der Waals surface area contributed by atoms with Crippen LogP contribution in [0.25, 0.3) is 0 Å². The summed E-state index contributed by atoms with van der Waals surface area (Å²) < 4.78 is 5.40. The summed E-state index contributed by atoms with van der Waals surface area (Å²) in [5, 5.41) is 45.3. The SMILES string of the molecule is CN1[C@@H](CCCN(O)C(=O)CCNC(=O)CNC(=O)[C@H]2COC(c3ccccc3O)=N2)C(=O)N([C@H]2CCCN(O)C2=O)[C@H]1CCC(=O)O. The van der Waals surface area contributed by atoms with Crippen LogP contribution in [0.2, 0.25) is 0 Å². The lowest BCUT2D eigenvalue weighted by molar-refractivity contribution is -0.180. The molecule has 2 fully saturated rings. The monoisotopic (exact) mass is 675 g/mol. The number of para-hydroxylation sites is 1. The van der Waals surface area contributed by atoms with E-state index in [9.17, 15) is 49.4 Å². The maximum Gasteiger partial charge on any atom is 0.303 e. The van der Waals surface area contributed by atoms with Gasteiger partial charge in [-0.25, -0.2) is 15.1 Å². The summed E-state index contributed by atoms with van der Waals surface area (Å²) in [5.74, 6) is -3.82. The Kier molecular flexibility index (Phi) is 12.3. The van der Waals surface area contributed by atoms with Crippen LogP contribution in [0.4, 0.5) is 0 Å². The van der Waals surface area contributed by atoms with Gasteiger partial charge >= 0.3 is 5.97 Å². The molecule has 18 nitrogen and oxygen atoms in total. The van der Waals surface area contributed by atoms with Gasteiger partial charge in [-0.05, 0) is 51.3 Å². The van der Waals surface area contributed by atoms with Crippen LogP contribution in [0.15, 0.2) is 29.3 Å². The molecule has 3 aliphatic heterocycles. The second-order valence-electron chi connectivity index (χ2n) is 11.7. The second-order valence-corrected chi connectivity index (χ2v) is 11.7. The molecule has 18 heteroatoms. The molecule has 0 aliphatic carbocycles. The first kappa shape index (κ1) is 36.0. The van der Waals surface area contributed by atoms with Gasteiger partial charge in [-0.1, -0.05) is 12.1 Å². The van der Waals surface area contributed by atoms with Crippen LogP contribution >= 0.6 is 0 Å². The van der Waals surface area contributed by atoms with Gasteiger partial charge < -0.3 is 30.5 Å². The topological polar surface area (TPSA) is 242 Å². The lowest BCUT2D eigenvalue weighted by Gasteiger charge is -2.37. The molecule has 0 aromatic heterocycles. The molecule has 3 heterocycles. The van der Waals surface area contributed by atoms with Gasteiger partial charge in [0.05, 0.1) is 24.3 Å². The third-order valence-corrected chi connectivity index (χ3v) is 8.47. The van der Waals surface area contributed by atoms with E-state index in [4.69, 9.17) is 4.74 Å². The van der Waals surface area contributed by atoms with Crippen LogP contribution in [-0.4, -0.2) is 146 Å². The number of aliphatic carboxylic acids is 1. The minimum absolute atomic E-state index is 0.0481. The number of nitrogens with one attached hydrogen (secondary N) is 2. The number of aromatic hydroxyl groups is 1. The fraction of sp³-hybridized carbons (Fsp3) is 0.567. The van der Waals surface area contributed by atoms with Crippen molar-refractivity contribution in [3.63, 3.8) is 0 Å². The Labute approximate surface area is 275 Å². The summed E-state index contributed by atoms with van der Waals surface area (Å²) in [6.45, 7) is -0.542. The fourth-order valence-electron chi connectivity index (χ4n) is 5.93. The average molecular weight is 676 g/mol. The van der Waals surface area contributed by atoms with Crippen LogP contribution in [0.1, 0.15) is 50.5 Å². The van der Waals surface area contributed by atoms with Crippen LogP contribution in [0.3, 0.4) is 0 Å². The molecule has 1 aromatic rings. The smallest absolute Gasteiger partial charge is 0.303 e. The highest BCUT2D eigenvalue weighted by atomic mass is 16.5. The zero-order valence-electron chi connectivity index (χ0n) is 26.5. The molecule has 4 rings (SSSR count). The van der Waals surface area contributed by atoms with Crippen LogP contribution < -0.4 is 10.6 Å². The predicted octanol–water partition coefficient (Wildman–Crippen LogP) is -1.13. The van der Waals surface area contributed by atoms with E-state index in [2.05, 4.69) is 15.6 Å². The number of likely N-dealkylation sites (N-methyl/N-ethyl adjacent to an activating group) is 1. The number of nitrogens with zero attached hydrogens (tertiary/aromatic N) is 5. The molecule has 48 heavy (non-hydrogen) atoms. The van der Waals surface area contributed by atoms with Crippen molar-refractivity contribution >= 4 is 41.4 Å². The molecule has 0 bridgehead atoms. The zero-order valence-corrected chi connectivity index (χ0v) is 26.5. The van der Waals surface area contributed by atoms with E-state index in [0.29, 0.717) is 28.5 Å². The molecule has 0 radical (unpaired) electrons. The molecule has 0 spiro atoms. The third-order valence-electron chi connectivity index (χ3n) is 8.47. The highest BCUT2D eigenvalue weighted by Gasteiger charge is 2.49. The number of amides is 5. The zero-order chi connectivity index (χ0) is 35.0. The van der Waals surface area contributed by atoms with Crippen molar-refractivity contribution in [2.24, 2.45) is 4.99 Å². The first-order valence-corrected chi connectivity index (χ1v) is 15.7. The number of aliphatic imine (C=N–C) groups is 1. The van der Waals surface area contributed by atoms with Gasteiger partial charge in [-0.3, -0.25) is 44.1 Å². The summed E-state index contributed by atoms with van der Waals surface area (Å²) in [7, 11) is 1.65. The summed E-state index contributed by atoms with van der Waals surface area (Å²) >= 11 is 0. The largest absolute Gasteiger partial charge is 0.507 e. The van der Waals surface area contributed by atoms with Gasteiger partial charge in [-0.2, -0.15) is 0 Å². The van der Waals surface area contributed by atoms with Gasteiger partial charge in [0.1, 0.15) is 18.4 Å². The number of carbonyl (C=O) groups excluding carboxylic acids is 5. The minimum Gasteiger partial charge on any atom is -0.507 e. The van der Waals surface area contributed by atoms with Gasteiger partial charge in [-0.15, -0.1) is 0 Å². The van der Waals surface area contributed by atoms with Gasteiger partial charge in [0.15, 0.2) is 6.04 Å². The predicted molar refractivity (Wildman–Crippen MR) is 163 cm³/mol. The number of hydrogen-bond donors (Lipinski definition) is 6. The Hall–Kier alpha value is -4.81. The van der Waals surface area contributed by atoms with Crippen molar-refractivity contribution < 1.29 is 54.1 Å². The lowest BCUT2D eigenvalue weighted by Crippen LogP contribution is -2.55. The highest BCUT2D eigenvalue weighted by molar-refractivity contribution is 6.00. The molecule has 3 aliphatic rings. The van der Waals surface area contributed by atoms with Gasteiger partial charge in [0.2, 0.25) is 29.5 Å². The van der Waals surface area contributed by atoms with Gasteiger partial charge in [0.25, 0.3) is 5.91 Å². The Morgan fingerprint density at radius 2 is 1.83 bits per heavy atom. The molecular formula is C30H41N7O11. The standard InChI is InChI=1S/C30H41N7O11/c1-34-20(30(45)37(24(34)10-11-26(41)42)21-8-5-15-36(47)29(21)44)7-4-14-35(46)25(40)12-13-31-23(39)16-32-27(43)19-17-48-28(33-19)18-6-2-3-9-22(18)38/h2-3,6,9,19-21,24,38,46-47H,4-5,7-8,10-17H2,1H3,(H,31,39)(H,32,43)(H,41,42)/t19-,20+,21+,24+/m1/s1. The third kappa shape index (κ3) is 8.75. The molecule has 4 atom stereocenters. The van der Waals surface area contributed by atoms with Crippen molar-refractivity contribution in [1.29, 1.82) is 0 Å². The van der Waals surface area contributed by atoms with Crippen molar-refractivity contribution in [1.82, 2.24) is 30.6 Å². The lowest BCUT2D eigenvalue weighted by atomic mass is 10.0. The number of ether oxygens (including phenoxy) is 1. The van der Waals surface area contributed by atoms with E-state index in [0.717, 1.165) is 0 Å². The number of carboxylic acids is 1. The normalized spacial score (nSPS) is 22.7. The Morgan fingerprint density at radius 1 is 1.08 bits per heavy atom. The average Bonchev–Trinajstić information content (AvgIpc) is 3.63. The van der Waals surface area contributed by atoms with Crippen molar-refractivity contribution in [2.75, 3.05) is 39.8 Å². The fourth-order valence-corrected chi connectivity index (χ4v) is 5.93. The number of phenolic OH excluding ortho intramolecular Hbond substituents is 1. The number of hydroxylamine groups is 4. The number of piperidine rings is 1. The van der Waals surface area contributed by atoms with Gasteiger partial charge in [0, 0.05) is 32.5 Å². The number of carbonyl (C=O) groups is 6. The molecule has 1 aromatic carbocycles. The maximum absolute atomic E-state index is 13.4. The Balaban J connectivity index is 1.17. The van der Waals surface area contributed by atoms with E-state index < -0.39 is 59.8 Å². The molecule has 262 valence electrons. The molecule has 0 saturated carbocycles. The Bertz CT molecular complexity index is 1420. The first-order chi connectivity index (χ1) is 22.9. The highest BCUT2D eigenvalue weighted by Crippen LogP contribution is 2.32. The van der Waals surface area contributed by atoms with Crippen molar-refractivity contribution in [3.8, 4) is 5.75 Å². The molecule has 2 saturated heterocycles. The van der Waals surface area contributed by atoms with Crippen molar-refractivity contribution in [3.05, 3.63) is 29.8 Å². The number of benzene rings is 1. The van der Waals surface area contributed by atoms with E-state index in [1.807, 2.05) is 0 Å². The summed E-state index contributed by atoms with van der Waals surface area (Å²) in [6, 6.07) is 3.81. The number of phenols is 1. The number of rotatable bonds is 15. The number of carboxylic acid groups (broad SMARTS) is 1. The Morgan fingerprint density at radius 3 is 2.56 bits per heavy atom. The first-order valence-electron chi connectivity index (χ1n) is 15.7. The van der Waals surface area contributed by atoms with Crippen LogP contribution in [-0.2, 0) is 33.5 Å². The second kappa shape index (κ2) is 16.3. The van der Waals surface area contributed by atoms with E-state index >= 15 is 0 Å². The quantitative estimate of drug-likeness (QED) is 0.0956. The van der Waals surface area contributed by atoms with E-state index in [1.54, 1.807) is 30.1 Å². The number of hydrogen-bond acceptors (Lipinski definition) is 12. The van der Waals surface area contributed by atoms with Crippen LogP contribution in [0.5, 0.6) is 5.75 Å².